The number of halogens is 2. The lowest BCUT2D eigenvalue weighted by Crippen LogP contribution is -2.61. The van der Waals surface area contributed by atoms with E-state index in [1.807, 2.05) is 45.0 Å². The molecule has 3 aromatic carbocycles. The highest BCUT2D eigenvalue weighted by atomic mass is 35.5. The number of likely N-dealkylation sites (N-methyl/N-ethyl adjacent to an activating group) is 1. The van der Waals surface area contributed by atoms with Crippen LogP contribution in [0.15, 0.2) is 42.5 Å². The Bertz CT molecular complexity index is 1840. The first-order chi connectivity index (χ1) is 21.8. The van der Waals surface area contributed by atoms with Gasteiger partial charge in [-0.2, -0.15) is 4.98 Å². The van der Waals surface area contributed by atoms with Gasteiger partial charge in [-0.1, -0.05) is 35.9 Å². The largest absolute Gasteiger partial charge is 0.508 e. The molecule has 9 nitrogen and oxygen atoms in total. The molecule has 3 aliphatic heterocycles. The van der Waals surface area contributed by atoms with E-state index in [1.54, 1.807) is 23.1 Å². The van der Waals surface area contributed by atoms with Crippen LogP contribution in [0.1, 0.15) is 33.6 Å². The van der Waals surface area contributed by atoms with Gasteiger partial charge in [0.05, 0.1) is 5.02 Å². The zero-order valence-electron chi connectivity index (χ0n) is 27.0. The van der Waals surface area contributed by atoms with Gasteiger partial charge in [0.1, 0.15) is 22.7 Å². The van der Waals surface area contributed by atoms with Crippen molar-refractivity contribution in [2.24, 2.45) is 5.41 Å². The number of anilines is 2. The van der Waals surface area contributed by atoms with E-state index in [9.17, 15) is 9.90 Å². The molecule has 11 heteroatoms. The summed E-state index contributed by atoms with van der Waals surface area (Å²) in [7, 11) is 4.10. The van der Waals surface area contributed by atoms with Crippen molar-refractivity contribution in [3.05, 3.63) is 53.3 Å². The molecule has 3 saturated heterocycles. The first-order valence-corrected chi connectivity index (χ1v) is 16.2. The molecule has 1 spiro atoms. The molecule has 0 radical (unpaired) electrons. The Labute approximate surface area is 273 Å². The van der Waals surface area contributed by atoms with Crippen molar-refractivity contribution in [2.45, 2.75) is 45.3 Å². The molecule has 1 N–H and O–H groups in total. The lowest BCUT2D eigenvalue weighted by molar-refractivity contribution is 0.00592. The van der Waals surface area contributed by atoms with Gasteiger partial charge in [-0.05, 0) is 82.2 Å². The molecule has 4 heterocycles. The minimum absolute atomic E-state index is 0.0345. The summed E-state index contributed by atoms with van der Waals surface area (Å²) in [6.07, 6.45) is 1.45. The van der Waals surface area contributed by atoms with Crippen molar-refractivity contribution in [3.8, 4) is 16.9 Å². The molecule has 7 rings (SSSR count). The first kappa shape index (κ1) is 30.7. The Morgan fingerprint density at radius 2 is 1.74 bits per heavy atom. The van der Waals surface area contributed by atoms with Gasteiger partial charge in [-0.3, -0.25) is 0 Å². The van der Waals surface area contributed by atoms with Crippen LogP contribution >= 0.6 is 11.6 Å². The van der Waals surface area contributed by atoms with Crippen molar-refractivity contribution in [3.63, 3.8) is 0 Å². The molecular formula is C35H40ClFN6O3. The van der Waals surface area contributed by atoms with Crippen LogP contribution in [-0.4, -0.2) is 96.0 Å². The maximum atomic E-state index is 16.8. The molecule has 1 aromatic heterocycles. The van der Waals surface area contributed by atoms with Crippen LogP contribution in [0.5, 0.6) is 5.75 Å². The predicted molar refractivity (Wildman–Crippen MR) is 180 cm³/mol. The minimum atomic E-state index is -0.534. The highest BCUT2D eigenvalue weighted by molar-refractivity contribution is 6.35. The smallest absolute Gasteiger partial charge is 0.410 e. The third-order valence-corrected chi connectivity index (χ3v) is 9.97. The summed E-state index contributed by atoms with van der Waals surface area (Å²) in [5.41, 5.74) is 0.449. The Kier molecular flexibility index (Phi) is 7.44. The number of likely N-dealkylation sites (tertiary alicyclic amines) is 1. The van der Waals surface area contributed by atoms with E-state index in [1.165, 1.54) is 0 Å². The molecule has 0 bridgehead atoms. The van der Waals surface area contributed by atoms with Gasteiger partial charge in [0.2, 0.25) is 5.95 Å². The van der Waals surface area contributed by atoms with Gasteiger partial charge in [0, 0.05) is 61.7 Å². The highest BCUT2D eigenvalue weighted by Crippen LogP contribution is 2.47. The van der Waals surface area contributed by atoms with E-state index in [0.717, 1.165) is 49.8 Å². The molecule has 0 unspecified atom stereocenters. The standard InChI is InChI=1S/C35H40ClFN6O3/c1-34(2,3)46-33(45)41-12-10-35(11-13-41)19-43(20-35)31-26-16-27(36)28(25-15-23(44)14-21-8-6-7-9-24(21)25)29(37)30(26)38-32(39-31)42-17-22(18-42)40(4)5/h6-9,14-16,22,44H,10-13,17-20H2,1-5H3. The van der Waals surface area contributed by atoms with Gasteiger partial charge in [-0.25, -0.2) is 14.2 Å². The summed E-state index contributed by atoms with van der Waals surface area (Å²) in [4.78, 5) is 30.7. The summed E-state index contributed by atoms with van der Waals surface area (Å²) in [6, 6.07) is 12.9. The average Bonchev–Trinajstić information content (AvgIpc) is 2.94. The third kappa shape index (κ3) is 5.45. The van der Waals surface area contributed by atoms with E-state index < -0.39 is 11.4 Å². The second kappa shape index (κ2) is 11.1. The summed E-state index contributed by atoms with van der Waals surface area (Å²) < 4.78 is 22.4. The topological polar surface area (TPSA) is 85.3 Å². The van der Waals surface area contributed by atoms with Crippen molar-refractivity contribution >= 4 is 51.1 Å². The predicted octanol–water partition coefficient (Wildman–Crippen LogP) is 6.54. The molecule has 1 amide bonds. The SMILES string of the molecule is CN(C)C1CN(c2nc(N3CC4(CCN(C(=O)OC(C)(C)C)CC4)C3)c3cc(Cl)c(-c4cc(O)cc5ccccc45)c(F)c3n2)C1. The number of benzene rings is 3. The lowest BCUT2D eigenvalue weighted by Gasteiger charge is -2.54. The number of nitrogens with zero attached hydrogens (tertiary/aromatic N) is 6. The van der Waals surface area contributed by atoms with Gasteiger partial charge in [-0.15, -0.1) is 0 Å². The van der Waals surface area contributed by atoms with Crippen LogP contribution in [-0.2, 0) is 4.74 Å². The van der Waals surface area contributed by atoms with Crippen LogP contribution < -0.4 is 9.80 Å². The molecule has 46 heavy (non-hydrogen) atoms. The Hall–Kier alpha value is -3.89. The normalized spacial score (nSPS) is 18.4. The molecule has 4 aromatic rings. The van der Waals surface area contributed by atoms with Crippen LogP contribution in [0.4, 0.5) is 21.0 Å². The summed E-state index contributed by atoms with van der Waals surface area (Å²) >= 11 is 6.90. The van der Waals surface area contributed by atoms with Crippen molar-refractivity contribution in [2.75, 3.05) is 63.2 Å². The van der Waals surface area contributed by atoms with E-state index >= 15 is 4.39 Å². The zero-order valence-corrected chi connectivity index (χ0v) is 27.7. The number of carbonyl (C=O) groups is 1. The number of aromatic nitrogens is 2. The number of hydrogen-bond donors (Lipinski definition) is 1. The van der Waals surface area contributed by atoms with E-state index in [-0.39, 0.29) is 33.4 Å². The van der Waals surface area contributed by atoms with E-state index in [4.69, 9.17) is 26.3 Å². The molecule has 0 saturated carbocycles. The fourth-order valence-corrected chi connectivity index (χ4v) is 7.26. The Morgan fingerprint density at radius 1 is 1.04 bits per heavy atom. The lowest BCUT2D eigenvalue weighted by atomic mass is 9.72. The van der Waals surface area contributed by atoms with Gasteiger partial charge in [0.15, 0.2) is 5.82 Å². The second-order valence-corrected chi connectivity index (χ2v) is 14.8. The summed E-state index contributed by atoms with van der Waals surface area (Å²) in [5, 5.41) is 12.9. The number of aromatic hydroxyl groups is 1. The fraction of sp³-hybridized carbons (Fsp3) is 0.457. The number of phenols is 1. The van der Waals surface area contributed by atoms with Crippen LogP contribution in [0.25, 0.3) is 32.8 Å². The van der Waals surface area contributed by atoms with Crippen LogP contribution in [0.3, 0.4) is 0 Å². The average molecular weight is 647 g/mol. The first-order valence-electron chi connectivity index (χ1n) is 15.9. The highest BCUT2D eigenvalue weighted by Gasteiger charge is 2.47. The molecule has 242 valence electrons. The molecular weight excluding hydrogens is 607 g/mol. The van der Waals surface area contributed by atoms with Gasteiger partial charge in [0.25, 0.3) is 0 Å². The number of piperidine rings is 1. The maximum absolute atomic E-state index is 16.8. The van der Waals surface area contributed by atoms with Gasteiger partial charge < -0.3 is 29.4 Å². The van der Waals surface area contributed by atoms with Gasteiger partial charge >= 0.3 is 6.09 Å². The minimum Gasteiger partial charge on any atom is -0.508 e. The fourth-order valence-electron chi connectivity index (χ4n) is 6.96. The number of rotatable bonds is 4. The zero-order chi connectivity index (χ0) is 32.5. The van der Waals surface area contributed by atoms with Crippen molar-refractivity contribution in [1.82, 2.24) is 19.8 Å². The Morgan fingerprint density at radius 3 is 2.41 bits per heavy atom. The number of ether oxygens (including phenoxy) is 1. The second-order valence-electron chi connectivity index (χ2n) is 14.4. The summed E-state index contributed by atoms with van der Waals surface area (Å²) in [5.74, 6) is 0.664. The number of hydrogen-bond acceptors (Lipinski definition) is 8. The van der Waals surface area contributed by atoms with Crippen molar-refractivity contribution in [1.29, 1.82) is 0 Å². The maximum Gasteiger partial charge on any atom is 0.410 e. The van der Waals surface area contributed by atoms with E-state index in [0.29, 0.717) is 41.8 Å². The number of amides is 1. The molecule has 3 fully saturated rings. The van der Waals surface area contributed by atoms with Crippen LogP contribution in [0.2, 0.25) is 5.02 Å². The van der Waals surface area contributed by atoms with Crippen molar-refractivity contribution < 1.29 is 19.0 Å². The number of carbonyl (C=O) groups excluding carboxylic acids is 1. The molecule has 0 atom stereocenters. The Balaban J connectivity index is 1.24. The third-order valence-electron chi connectivity index (χ3n) is 9.67. The molecule has 3 aliphatic rings. The number of phenolic OH excluding ortho intramolecular Hbond substituents is 1. The molecule has 0 aliphatic carbocycles. The summed E-state index contributed by atoms with van der Waals surface area (Å²) in [6.45, 7) is 9.92. The number of fused-ring (bicyclic) bond motifs is 2. The van der Waals surface area contributed by atoms with Crippen LogP contribution in [0, 0.1) is 11.2 Å². The quantitative estimate of drug-likeness (QED) is 0.268. The monoisotopic (exact) mass is 646 g/mol. The van der Waals surface area contributed by atoms with E-state index in [2.05, 4.69) is 28.8 Å².